The van der Waals surface area contributed by atoms with Crippen LogP contribution in [0.3, 0.4) is 0 Å². The van der Waals surface area contributed by atoms with E-state index in [9.17, 15) is 14.3 Å². The number of hydrogen-bond donors (Lipinski definition) is 2. The number of carbonyl (C=O) groups is 1. The summed E-state index contributed by atoms with van der Waals surface area (Å²) in [5.74, 6) is -0.115. The van der Waals surface area contributed by atoms with Crippen molar-refractivity contribution in [2.24, 2.45) is 5.92 Å². The van der Waals surface area contributed by atoms with Gasteiger partial charge >= 0.3 is 0 Å². The third-order valence-corrected chi connectivity index (χ3v) is 5.16. The molecule has 2 N–H and O–H groups in total. The van der Waals surface area contributed by atoms with Crippen LogP contribution in [0.1, 0.15) is 41.5 Å². The molecule has 1 aromatic heterocycles. The highest BCUT2D eigenvalue weighted by Gasteiger charge is 2.28. The molecule has 0 radical (unpaired) electrons. The number of nitrogens with one attached hydrogen (secondary N) is 1. The largest absolute Gasteiger partial charge is 0.388 e. The molecule has 5 nitrogen and oxygen atoms in total. The zero-order valence-corrected chi connectivity index (χ0v) is 14.6. The number of aryl methyl sites for hydroxylation is 2. The molecule has 1 aromatic carbocycles. The quantitative estimate of drug-likeness (QED) is 0.895. The predicted molar refractivity (Wildman–Crippen MR) is 92.4 cm³/mol. The van der Waals surface area contributed by atoms with E-state index in [-0.39, 0.29) is 17.6 Å². The van der Waals surface area contributed by atoms with Gasteiger partial charge in [0.1, 0.15) is 5.82 Å². The van der Waals surface area contributed by atoms with E-state index in [1.54, 1.807) is 12.1 Å². The molecule has 1 amide bonds. The van der Waals surface area contributed by atoms with E-state index < -0.39 is 6.10 Å². The highest BCUT2D eigenvalue weighted by Crippen LogP contribution is 2.31. The third kappa shape index (κ3) is 3.90. The fourth-order valence-corrected chi connectivity index (χ4v) is 3.49. The van der Waals surface area contributed by atoms with Crippen LogP contribution in [0.5, 0.6) is 0 Å². The Labute approximate surface area is 146 Å². The molecule has 2 aromatic rings. The van der Waals surface area contributed by atoms with Crippen molar-refractivity contribution in [1.82, 2.24) is 15.1 Å². The first kappa shape index (κ1) is 17.6. The zero-order valence-electron chi connectivity index (χ0n) is 14.6. The van der Waals surface area contributed by atoms with Crippen LogP contribution < -0.4 is 0 Å². The van der Waals surface area contributed by atoms with Gasteiger partial charge in [0.05, 0.1) is 18.2 Å². The van der Waals surface area contributed by atoms with E-state index in [0.29, 0.717) is 19.5 Å². The number of aliphatic hydroxyl groups excluding tert-OH is 1. The van der Waals surface area contributed by atoms with Crippen molar-refractivity contribution in [3.8, 4) is 0 Å². The lowest BCUT2D eigenvalue weighted by molar-refractivity contribution is -0.132. The maximum absolute atomic E-state index is 13.0. The minimum absolute atomic E-state index is 0.0897. The average Bonchev–Trinajstić information content (AvgIpc) is 2.94. The van der Waals surface area contributed by atoms with Crippen LogP contribution in [0.25, 0.3) is 0 Å². The Morgan fingerprint density at radius 3 is 2.52 bits per heavy atom. The van der Waals surface area contributed by atoms with E-state index in [0.717, 1.165) is 35.4 Å². The summed E-state index contributed by atoms with van der Waals surface area (Å²) in [5.41, 5.74) is 3.51. The van der Waals surface area contributed by atoms with Crippen LogP contribution in [-0.2, 0) is 11.2 Å². The van der Waals surface area contributed by atoms with Gasteiger partial charge in [-0.25, -0.2) is 4.39 Å². The van der Waals surface area contributed by atoms with Gasteiger partial charge in [-0.15, -0.1) is 0 Å². The number of halogens is 1. The van der Waals surface area contributed by atoms with E-state index in [4.69, 9.17) is 0 Å². The monoisotopic (exact) mass is 345 g/mol. The molecule has 1 atom stereocenters. The van der Waals surface area contributed by atoms with Crippen molar-refractivity contribution < 1.29 is 14.3 Å². The van der Waals surface area contributed by atoms with E-state index >= 15 is 0 Å². The van der Waals surface area contributed by atoms with Gasteiger partial charge in [0, 0.05) is 24.3 Å². The number of nitrogens with zero attached hydrogens (tertiary/aromatic N) is 2. The number of aromatic amines is 1. The average molecular weight is 345 g/mol. The van der Waals surface area contributed by atoms with Gasteiger partial charge in [0.2, 0.25) is 5.91 Å². The maximum atomic E-state index is 13.0. The van der Waals surface area contributed by atoms with Crippen LogP contribution >= 0.6 is 0 Å². The number of H-pyrrole nitrogens is 1. The first-order chi connectivity index (χ1) is 12.0. The second-order valence-electron chi connectivity index (χ2n) is 6.80. The van der Waals surface area contributed by atoms with Gasteiger partial charge in [-0.2, -0.15) is 5.10 Å². The molecule has 2 heterocycles. The number of aliphatic hydroxyl groups is 1. The molecule has 1 fully saturated rings. The van der Waals surface area contributed by atoms with Gasteiger partial charge in [-0.1, -0.05) is 12.1 Å². The van der Waals surface area contributed by atoms with Gasteiger partial charge in [0.15, 0.2) is 0 Å². The minimum Gasteiger partial charge on any atom is -0.388 e. The molecule has 1 aliphatic heterocycles. The molecule has 6 heteroatoms. The SMILES string of the molecule is Cc1n[nH]c(C)c1CC(=O)N1CCC(C(O)c2ccc(F)cc2)CC1. The highest BCUT2D eigenvalue weighted by molar-refractivity contribution is 5.79. The van der Waals surface area contributed by atoms with Gasteiger partial charge < -0.3 is 10.0 Å². The Hall–Kier alpha value is -2.21. The van der Waals surface area contributed by atoms with Crippen LogP contribution in [-0.4, -0.2) is 39.2 Å². The number of benzene rings is 1. The lowest BCUT2D eigenvalue weighted by atomic mass is 9.87. The number of likely N-dealkylation sites (tertiary alicyclic amines) is 1. The number of hydrogen-bond acceptors (Lipinski definition) is 3. The summed E-state index contributed by atoms with van der Waals surface area (Å²) >= 11 is 0. The molecule has 134 valence electrons. The summed E-state index contributed by atoms with van der Waals surface area (Å²) in [6.07, 6.45) is 1.23. The van der Waals surface area contributed by atoms with Crippen LogP contribution in [0, 0.1) is 25.6 Å². The normalized spacial score (nSPS) is 16.9. The Balaban J connectivity index is 1.56. The molecule has 1 unspecified atom stereocenters. The number of aromatic nitrogens is 2. The highest BCUT2D eigenvalue weighted by atomic mass is 19.1. The van der Waals surface area contributed by atoms with Gasteiger partial charge in [0.25, 0.3) is 0 Å². The first-order valence-electron chi connectivity index (χ1n) is 8.67. The van der Waals surface area contributed by atoms with Crippen molar-refractivity contribution in [2.45, 2.75) is 39.2 Å². The Morgan fingerprint density at radius 1 is 1.32 bits per heavy atom. The van der Waals surface area contributed by atoms with Gasteiger partial charge in [-0.3, -0.25) is 9.89 Å². The molecular formula is C19H24FN3O2. The zero-order chi connectivity index (χ0) is 18.0. The topological polar surface area (TPSA) is 69.2 Å². The van der Waals surface area contributed by atoms with E-state index in [1.807, 2.05) is 18.7 Å². The lowest BCUT2D eigenvalue weighted by Gasteiger charge is -2.34. The second-order valence-corrected chi connectivity index (χ2v) is 6.80. The van der Waals surface area contributed by atoms with Crippen LogP contribution in [0.4, 0.5) is 4.39 Å². The third-order valence-electron chi connectivity index (χ3n) is 5.16. The van der Waals surface area contributed by atoms with Crippen molar-refractivity contribution in [3.63, 3.8) is 0 Å². The summed E-state index contributed by atoms with van der Waals surface area (Å²) in [5, 5.41) is 17.5. The molecular weight excluding hydrogens is 321 g/mol. The second kappa shape index (κ2) is 7.35. The Morgan fingerprint density at radius 2 is 1.96 bits per heavy atom. The van der Waals surface area contributed by atoms with Crippen LogP contribution in [0.2, 0.25) is 0 Å². The summed E-state index contributed by atoms with van der Waals surface area (Å²) in [6, 6.07) is 5.99. The first-order valence-corrected chi connectivity index (χ1v) is 8.67. The van der Waals surface area contributed by atoms with Crippen LogP contribution in [0.15, 0.2) is 24.3 Å². The predicted octanol–water partition coefficient (Wildman–Crippen LogP) is 2.68. The number of carbonyl (C=O) groups excluding carboxylic acids is 1. The van der Waals surface area contributed by atoms with E-state index in [2.05, 4.69) is 10.2 Å². The maximum Gasteiger partial charge on any atom is 0.227 e. The molecule has 0 aliphatic carbocycles. The summed E-state index contributed by atoms with van der Waals surface area (Å²) in [7, 11) is 0. The molecule has 1 saturated heterocycles. The summed E-state index contributed by atoms with van der Waals surface area (Å²) in [4.78, 5) is 14.4. The molecule has 25 heavy (non-hydrogen) atoms. The lowest BCUT2D eigenvalue weighted by Crippen LogP contribution is -2.40. The number of piperidine rings is 1. The van der Waals surface area contributed by atoms with Gasteiger partial charge in [-0.05, 0) is 50.3 Å². The van der Waals surface area contributed by atoms with Crippen molar-refractivity contribution >= 4 is 5.91 Å². The molecule has 1 aliphatic rings. The molecule has 0 saturated carbocycles. The standard InChI is InChI=1S/C19H24FN3O2/c1-12-17(13(2)22-21-12)11-18(24)23-9-7-15(8-10-23)19(25)14-3-5-16(20)6-4-14/h3-6,15,19,25H,7-11H2,1-2H3,(H,21,22). The fourth-order valence-electron chi connectivity index (χ4n) is 3.49. The smallest absolute Gasteiger partial charge is 0.227 e. The van der Waals surface area contributed by atoms with Crippen molar-refractivity contribution in [3.05, 3.63) is 52.6 Å². The Kier molecular flexibility index (Phi) is 5.18. The summed E-state index contributed by atoms with van der Waals surface area (Å²) in [6.45, 7) is 5.10. The number of amides is 1. The molecule has 0 bridgehead atoms. The Bertz CT molecular complexity index is 714. The minimum atomic E-state index is -0.615. The molecule has 3 rings (SSSR count). The van der Waals surface area contributed by atoms with Crippen molar-refractivity contribution in [1.29, 1.82) is 0 Å². The fraction of sp³-hybridized carbons (Fsp3) is 0.474. The number of rotatable bonds is 4. The summed E-state index contributed by atoms with van der Waals surface area (Å²) < 4.78 is 13.0. The van der Waals surface area contributed by atoms with Crippen molar-refractivity contribution in [2.75, 3.05) is 13.1 Å². The van der Waals surface area contributed by atoms with E-state index in [1.165, 1.54) is 12.1 Å². The molecule has 0 spiro atoms.